The van der Waals surface area contributed by atoms with E-state index in [1.165, 1.54) is 4.90 Å². The van der Waals surface area contributed by atoms with Crippen LogP contribution in [0.25, 0.3) is 0 Å². The molecule has 178 valence electrons. The zero-order valence-electron chi connectivity index (χ0n) is 19.6. The van der Waals surface area contributed by atoms with Crippen molar-refractivity contribution in [1.29, 1.82) is 0 Å². The highest BCUT2D eigenvalue weighted by atomic mass is 16.5. The molecule has 1 aromatic rings. The van der Waals surface area contributed by atoms with Crippen LogP contribution in [0.4, 0.5) is 0 Å². The first-order chi connectivity index (χ1) is 15.9. The van der Waals surface area contributed by atoms with Gasteiger partial charge in [0.2, 0.25) is 23.6 Å². The van der Waals surface area contributed by atoms with Crippen molar-refractivity contribution >= 4 is 23.6 Å². The molecule has 4 amide bonds. The van der Waals surface area contributed by atoms with Gasteiger partial charge in [-0.1, -0.05) is 31.2 Å². The first-order valence-electron chi connectivity index (χ1n) is 11.6. The Morgan fingerprint density at radius 1 is 1.09 bits per heavy atom. The van der Waals surface area contributed by atoms with Crippen molar-refractivity contribution in [2.45, 2.75) is 52.1 Å². The van der Waals surface area contributed by atoms with Gasteiger partial charge in [0.25, 0.3) is 0 Å². The summed E-state index contributed by atoms with van der Waals surface area (Å²) in [7, 11) is 1.58. The zero-order valence-corrected chi connectivity index (χ0v) is 19.6. The number of allylic oxidation sites excluding steroid dienone is 2. The molecule has 33 heavy (non-hydrogen) atoms. The molecule has 1 aromatic carbocycles. The SMILES string of the molecule is CCNC(=O)[C@@H](CC)N(Cc1ccc(OC)cc1)C(=O)CCN1C(=O)[C@H]2CC=CC[C@H]2C1=O. The normalized spacial score (nSPS) is 20.4. The smallest absolute Gasteiger partial charge is 0.242 e. The van der Waals surface area contributed by atoms with Crippen LogP contribution >= 0.6 is 0 Å². The standard InChI is InChI=1S/C25H33N3O5/c1-4-21(23(30)26-5-2)28(16-17-10-12-18(33-3)13-11-17)22(29)14-15-27-24(31)19-8-6-7-9-20(19)25(27)32/h6-7,10-13,19-21H,4-5,8-9,14-16H2,1-3H3,(H,26,30)/t19-,20+,21-/m1/s1. The molecule has 0 bridgehead atoms. The van der Waals surface area contributed by atoms with Crippen LogP contribution in [0, 0.1) is 11.8 Å². The van der Waals surface area contributed by atoms with Crippen LogP contribution in [0.15, 0.2) is 36.4 Å². The Hall–Kier alpha value is -3.16. The number of nitrogens with one attached hydrogen (secondary N) is 1. The molecule has 1 fully saturated rings. The Morgan fingerprint density at radius 2 is 1.70 bits per heavy atom. The molecule has 1 heterocycles. The Balaban J connectivity index is 1.74. The fourth-order valence-electron chi connectivity index (χ4n) is 4.58. The number of methoxy groups -OCH3 is 1. The number of rotatable bonds is 10. The third-order valence-corrected chi connectivity index (χ3v) is 6.40. The maximum Gasteiger partial charge on any atom is 0.242 e. The van der Waals surface area contributed by atoms with Gasteiger partial charge in [-0.05, 0) is 43.9 Å². The number of carbonyl (C=O) groups is 4. The van der Waals surface area contributed by atoms with Crippen LogP contribution in [0.1, 0.15) is 45.1 Å². The highest BCUT2D eigenvalue weighted by molar-refractivity contribution is 6.05. The van der Waals surface area contributed by atoms with Crippen molar-refractivity contribution in [3.05, 3.63) is 42.0 Å². The first-order valence-corrected chi connectivity index (χ1v) is 11.6. The van der Waals surface area contributed by atoms with E-state index in [2.05, 4.69) is 5.32 Å². The number of nitrogens with zero attached hydrogens (tertiary/aromatic N) is 2. The average molecular weight is 456 g/mol. The molecule has 1 N–H and O–H groups in total. The van der Waals surface area contributed by atoms with E-state index in [1.54, 1.807) is 12.0 Å². The van der Waals surface area contributed by atoms with Crippen molar-refractivity contribution in [2.24, 2.45) is 11.8 Å². The second-order valence-corrected chi connectivity index (χ2v) is 8.42. The molecule has 8 nitrogen and oxygen atoms in total. The number of likely N-dealkylation sites (tertiary alicyclic amines) is 1. The second kappa shape index (κ2) is 11.1. The number of benzene rings is 1. The number of carbonyl (C=O) groups excluding carboxylic acids is 4. The van der Waals surface area contributed by atoms with Gasteiger partial charge in [0.05, 0.1) is 18.9 Å². The highest BCUT2D eigenvalue weighted by Gasteiger charge is 2.47. The summed E-state index contributed by atoms with van der Waals surface area (Å²) in [5.41, 5.74) is 0.859. The van der Waals surface area contributed by atoms with Gasteiger partial charge in [-0.3, -0.25) is 24.1 Å². The number of likely N-dealkylation sites (N-methyl/N-ethyl adjacent to an activating group) is 1. The molecule has 0 aromatic heterocycles. The van der Waals surface area contributed by atoms with Crippen molar-refractivity contribution in [3.63, 3.8) is 0 Å². The molecule has 0 unspecified atom stereocenters. The van der Waals surface area contributed by atoms with Gasteiger partial charge >= 0.3 is 0 Å². The van der Waals surface area contributed by atoms with Gasteiger partial charge in [0.1, 0.15) is 11.8 Å². The third kappa shape index (κ3) is 5.43. The number of imide groups is 1. The van der Waals surface area contributed by atoms with Crippen LogP contribution in [0.5, 0.6) is 5.75 Å². The van der Waals surface area contributed by atoms with Crippen LogP contribution in [0.3, 0.4) is 0 Å². The predicted octanol–water partition coefficient (Wildman–Crippen LogP) is 2.28. The summed E-state index contributed by atoms with van der Waals surface area (Å²) in [6, 6.07) is 6.69. The maximum atomic E-state index is 13.3. The summed E-state index contributed by atoms with van der Waals surface area (Å²) in [6.07, 6.45) is 5.45. The van der Waals surface area contributed by atoms with E-state index < -0.39 is 6.04 Å². The van der Waals surface area contributed by atoms with Crippen LogP contribution in [-0.2, 0) is 25.7 Å². The Kier molecular flexibility index (Phi) is 8.25. The third-order valence-electron chi connectivity index (χ3n) is 6.40. The number of amides is 4. The van der Waals surface area contributed by atoms with E-state index in [1.807, 2.05) is 50.3 Å². The van der Waals surface area contributed by atoms with E-state index in [0.717, 1.165) is 5.56 Å². The van der Waals surface area contributed by atoms with Crippen molar-refractivity contribution in [1.82, 2.24) is 15.1 Å². The van der Waals surface area contributed by atoms with Crippen LogP contribution < -0.4 is 10.1 Å². The Bertz CT molecular complexity index is 885. The number of ether oxygens (including phenoxy) is 1. The van der Waals surface area contributed by atoms with Crippen molar-refractivity contribution < 1.29 is 23.9 Å². The molecule has 3 rings (SSSR count). The molecule has 0 saturated carbocycles. The summed E-state index contributed by atoms with van der Waals surface area (Å²) < 4.78 is 5.20. The molecule has 0 radical (unpaired) electrons. The molecule has 1 aliphatic carbocycles. The monoisotopic (exact) mass is 455 g/mol. The second-order valence-electron chi connectivity index (χ2n) is 8.42. The van der Waals surface area contributed by atoms with Crippen LogP contribution in [0.2, 0.25) is 0 Å². The van der Waals surface area contributed by atoms with E-state index in [-0.39, 0.29) is 55.0 Å². The molecule has 1 aliphatic heterocycles. The maximum absolute atomic E-state index is 13.3. The van der Waals surface area contributed by atoms with Gasteiger partial charge in [-0.25, -0.2) is 0 Å². The summed E-state index contributed by atoms with van der Waals surface area (Å²) in [5.74, 6) is -0.795. The first kappa shape index (κ1) is 24.5. The number of fused-ring (bicyclic) bond motifs is 1. The Morgan fingerprint density at radius 3 is 2.21 bits per heavy atom. The molecule has 1 saturated heterocycles. The molecular weight excluding hydrogens is 422 g/mol. The lowest BCUT2D eigenvalue weighted by molar-refractivity contribution is -0.144. The van der Waals surface area contributed by atoms with E-state index >= 15 is 0 Å². The minimum Gasteiger partial charge on any atom is -0.497 e. The predicted molar refractivity (Wildman–Crippen MR) is 123 cm³/mol. The molecule has 8 heteroatoms. The highest BCUT2D eigenvalue weighted by Crippen LogP contribution is 2.35. The fourth-order valence-corrected chi connectivity index (χ4v) is 4.58. The summed E-state index contributed by atoms with van der Waals surface area (Å²) in [5, 5.41) is 2.80. The minimum atomic E-state index is -0.642. The molecule has 3 atom stereocenters. The number of hydrogen-bond acceptors (Lipinski definition) is 5. The quantitative estimate of drug-likeness (QED) is 0.431. The lowest BCUT2D eigenvalue weighted by Gasteiger charge is -2.31. The number of hydrogen-bond donors (Lipinski definition) is 1. The lowest BCUT2D eigenvalue weighted by atomic mass is 9.85. The van der Waals surface area contributed by atoms with Gasteiger partial charge in [-0.15, -0.1) is 0 Å². The molecule has 0 spiro atoms. The van der Waals surface area contributed by atoms with Gasteiger partial charge in [0.15, 0.2) is 0 Å². The van der Waals surface area contributed by atoms with E-state index in [0.29, 0.717) is 31.6 Å². The summed E-state index contributed by atoms with van der Waals surface area (Å²) in [6.45, 7) is 4.44. The van der Waals surface area contributed by atoms with Crippen molar-refractivity contribution in [3.8, 4) is 5.75 Å². The molecular formula is C25H33N3O5. The van der Waals surface area contributed by atoms with Gasteiger partial charge in [0, 0.05) is 26.1 Å². The summed E-state index contributed by atoms with van der Waals surface area (Å²) >= 11 is 0. The summed E-state index contributed by atoms with van der Waals surface area (Å²) in [4.78, 5) is 54.3. The fraction of sp³-hybridized carbons (Fsp3) is 0.520. The topological polar surface area (TPSA) is 96.0 Å². The van der Waals surface area contributed by atoms with Gasteiger partial charge < -0.3 is 15.0 Å². The largest absolute Gasteiger partial charge is 0.497 e. The van der Waals surface area contributed by atoms with E-state index in [4.69, 9.17) is 4.74 Å². The molecule has 2 aliphatic rings. The Labute approximate surface area is 194 Å². The van der Waals surface area contributed by atoms with Crippen molar-refractivity contribution in [2.75, 3.05) is 20.2 Å². The average Bonchev–Trinajstić information content (AvgIpc) is 3.07. The van der Waals surface area contributed by atoms with E-state index in [9.17, 15) is 19.2 Å². The van der Waals surface area contributed by atoms with Crippen LogP contribution in [-0.4, -0.2) is 59.7 Å². The zero-order chi connectivity index (χ0) is 24.0. The lowest BCUT2D eigenvalue weighted by Crippen LogP contribution is -2.49. The van der Waals surface area contributed by atoms with Gasteiger partial charge in [-0.2, -0.15) is 0 Å². The minimum absolute atomic E-state index is 0.0175.